The Morgan fingerprint density at radius 2 is 2.00 bits per heavy atom. The summed E-state index contributed by atoms with van der Waals surface area (Å²) in [6.45, 7) is 8.16. The Bertz CT molecular complexity index is 1110. The maximum Gasteiger partial charge on any atom is 0.266 e. The Hall–Kier alpha value is -2.93. The van der Waals surface area contributed by atoms with Gasteiger partial charge in [0.1, 0.15) is 0 Å². The summed E-state index contributed by atoms with van der Waals surface area (Å²) in [6.07, 6.45) is 4.07. The molecule has 158 valence electrons. The third-order valence-corrected chi connectivity index (χ3v) is 6.10. The average molecular weight is 408 g/mol. The lowest BCUT2D eigenvalue weighted by molar-refractivity contribution is -0.115. The molecule has 1 aliphatic rings. The fraction of sp³-hybridized carbons (Fsp3) is 0.435. The molecule has 0 bridgehead atoms. The van der Waals surface area contributed by atoms with Crippen LogP contribution in [0.3, 0.4) is 0 Å². The third-order valence-electron chi connectivity index (χ3n) is 6.10. The first kappa shape index (κ1) is 20.3. The predicted molar refractivity (Wildman–Crippen MR) is 118 cm³/mol. The summed E-state index contributed by atoms with van der Waals surface area (Å²) in [4.78, 5) is 31.2. The van der Waals surface area contributed by atoms with Crippen molar-refractivity contribution in [3.63, 3.8) is 0 Å². The van der Waals surface area contributed by atoms with Gasteiger partial charge in [0.25, 0.3) is 5.56 Å². The van der Waals surface area contributed by atoms with Crippen molar-refractivity contribution in [3.05, 3.63) is 63.2 Å². The quantitative estimate of drug-likeness (QED) is 0.680. The summed E-state index contributed by atoms with van der Waals surface area (Å²) < 4.78 is 1.63. The van der Waals surface area contributed by atoms with E-state index < -0.39 is 0 Å². The van der Waals surface area contributed by atoms with E-state index in [-0.39, 0.29) is 17.9 Å². The van der Waals surface area contributed by atoms with Gasteiger partial charge in [-0.1, -0.05) is 18.6 Å². The smallest absolute Gasteiger partial charge is 0.266 e. The molecule has 3 aromatic rings. The lowest BCUT2D eigenvalue weighted by atomic mass is 10.0. The van der Waals surface area contributed by atoms with Crippen LogP contribution in [0.1, 0.15) is 48.7 Å². The summed E-state index contributed by atoms with van der Waals surface area (Å²) in [7, 11) is 0. The minimum Gasteiger partial charge on any atom is -0.326 e. The van der Waals surface area contributed by atoms with E-state index in [1.807, 2.05) is 26.0 Å². The van der Waals surface area contributed by atoms with E-state index in [9.17, 15) is 9.59 Å². The van der Waals surface area contributed by atoms with Gasteiger partial charge in [0.2, 0.25) is 5.91 Å². The molecule has 0 aliphatic carbocycles. The van der Waals surface area contributed by atoms with Crippen LogP contribution in [0, 0.1) is 13.8 Å². The molecule has 2 N–H and O–H groups in total. The summed E-state index contributed by atoms with van der Waals surface area (Å²) in [5.41, 5.74) is 4.81. The number of fused-ring (bicyclic) bond motifs is 1. The molecule has 0 radical (unpaired) electrons. The Balaban J connectivity index is 1.42. The molecule has 30 heavy (non-hydrogen) atoms. The van der Waals surface area contributed by atoms with Crippen molar-refractivity contribution >= 4 is 17.2 Å². The van der Waals surface area contributed by atoms with Crippen LogP contribution in [0.15, 0.2) is 35.1 Å². The van der Waals surface area contributed by atoms with Crippen molar-refractivity contribution in [1.29, 1.82) is 0 Å². The molecule has 1 saturated heterocycles. The second-order valence-electron chi connectivity index (χ2n) is 8.31. The zero-order chi connectivity index (χ0) is 21.3. The SMILES string of the molecule is Cc1nc2cc(=O)[nH]n2c(C)c1CC(=O)Nc1ccc(CN2CCCCC2C)cc1. The number of nitrogens with zero attached hydrogens (tertiary/aromatic N) is 3. The average Bonchev–Trinajstić information content (AvgIpc) is 3.09. The van der Waals surface area contributed by atoms with Crippen molar-refractivity contribution < 1.29 is 4.79 Å². The van der Waals surface area contributed by atoms with Gasteiger partial charge in [0.15, 0.2) is 5.65 Å². The van der Waals surface area contributed by atoms with Gasteiger partial charge in [-0.15, -0.1) is 0 Å². The van der Waals surface area contributed by atoms with Gasteiger partial charge in [-0.05, 0) is 57.9 Å². The molecule has 0 spiro atoms. The Labute approximate surface area is 176 Å². The number of nitrogens with one attached hydrogen (secondary N) is 2. The number of H-pyrrole nitrogens is 1. The fourth-order valence-corrected chi connectivity index (χ4v) is 4.30. The van der Waals surface area contributed by atoms with Gasteiger partial charge in [0.05, 0.1) is 6.42 Å². The van der Waals surface area contributed by atoms with E-state index in [0.717, 1.165) is 35.7 Å². The van der Waals surface area contributed by atoms with Crippen molar-refractivity contribution in [2.24, 2.45) is 0 Å². The van der Waals surface area contributed by atoms with E-state index in [2.05, 4.69) is 39.4 Å². The van der Waals surface area contributed by atoms with E-state index in [1.165, 1.54) is 30.9 Å². The number of aryl methyl sites for hydroxylation is 2. The van der Waals surface area contributed by atoms with Crippen molar-refractivity contribution in [3.8, 4) is 0 Å². The number of rotatable bonds is 5. The van der Waals surface area contributed by atoms with Gasteiger partial charge >= 0.3 is 0 Å². The number of likely N-dealkylation sites (tertiary alicyclic amines) is 1. The minimum atomic E-state index is -0.203. The van der Waals surface area contributed by atoms with Crippen LogP contribution in [0.2, 0.25) is 0 Å². The van der Waals surface area contributed by atoms with Crippen LogP contribution in [0.4, 0.5) is 5.69 Å². The van der Waals surface area contributed by atoms with Gasteiger partial charge in [-0.2, -0.15) is 0 Å². The van der Waals surface area contributed by atoms with Crippen LogP contribution >= 0.6 is 0 Å². The van der Waals surface area contributed by atoms with E-state index >= 15 is 0 Å². The number of hydrogen-bond donors (Lipinski definition) is 2. The lowest BCUT2D eigenvalue weighted by Crippen LogP contribution is -2.36. The molecule has 1 aromatic carbocycles. The zero-order valence-electron chi connectivity index (χ0n) is 17.9. The largest absolute Gasteiger partial charge is 0.326 e. The Morgan fingerprint density at radius 3 is 2.73 bits per heavy atom. The van der Waals surface area contributed by atoms with Gasteiger partial charge in [-0.3, -0.25) is 19.6 Å². The number of aromatic nitrogens is 3. The molecule has 4 rings (SSSR count). The summed E-state index contributed by atoms with van der Waals surface area (Å²) in [6, 6.07) is 10.2. The van der Waals surface area contributed by atoms with Crippen molar-refractivity contribution in [2.75, 3.05) is 11.9 Å². The highest BCUT2D eigenvalue weighted by Crippen LogP contribution is 2.20. The Morgan fingerprint density at radius 1 is 1.23 bits per heavy atom. The summed E-state index contributed by atoms with van der Waals surface area (Å²) in [5, 5.41) is 5.70. The molecule has 7 nitrogen and oxygen atoms in total. The molecule has 1 fully saturated rings. The maximum absolute atomic E-state index is 12.6. The first-order valence-corrected chi connectivity index (χ1v) is 10.6. The second-order valence-corrected chi connectivity index (χ2v) is 8.31. The second kappa shape index (κ2) is 8.44. The Kier molecular flexibility index (Phi) is 5.72. The summed E-state index contributed by atoms with van der Waals surface area (Å²) in [5.74, 6) is -0.103. The number of anilines is 1. The van der Waals surface area contributed by atoms with Gasteiger partial charge in [-0.25, -0.2) is 9.50 Å². The van der Waals surface area contributed by atoms with E-state index in [1.54, 1.807) is 4.52 Å². The van der Waals surface area contributed by atoms with Crippen LogP contribution < -0.4 is 10.9 Å². The highest BCUT2D eigenvalue weighted by Gasteiger charge is 2.18. The molecule has 1 atom stereocenters. The monoisotopic (exact) mass is 407 g/mol. The highest BCUT2D eigenvalue weighted by molar-refractivity contribution is 5.92. The molecule has 1 unspecified atom stereocenters. The van der Waals surface area contributed by atoms with Gasteiger partial charge < -0.3 is 5.32 Å². The van der Waals surface area contributed by atoms with Crippen molar-refractivity contribution in [2.45, 2.75) is 59.0 Å². The van der Waals surface area contributed by atoms with Crippen LogP contribution in [-0.2, 0) is 17.8 Å². The molecule has 2 aromatic heterocycles. The molecule has 7 heteroatoms. The van der Waals surface area contributed by atoms with E-state index in [0.29, 0.717) is 11.7 Å². The minimum absolute atomic E-state index is 0.103. The number of piperidine rings is 1. The topological polar surface area (TPSA) is 82.5 Å². The molecule has 1 aliphatic heterocycles. The number of carbonyl (C=O) groups excluding carboxylic acids is 1. The molecule has 3 heterocycles. The summed E-state index contributed by atoms with van der Waals surface area (Å²) >= 11 is 0. The predicted octanol–water partition coefficient (Wildman–Crippen LogP) is 3.20. The first-order chi connectivity index (χ1) is 14.4. The number of benzene rings is 1. The van der Waals surface area contributed by atoms with Crippen LogP contribution in [0.5, 0.6) is 0 Å². The zero-order valence-corrected chi connectivity index (χ0v) is 17.9. The maximum atomic E-state index is 12.6. The normalized spacial score (nSPS) is 17.4. The molecular weight excluding hydrogens is 378 g/mol. The fourth-order valence-electron chi connectivity index (χ4n) is 4.30. The molecule has 1 amide bonds. The molecule has 0 saturated carbocycles. The van der Waals surface area contributed by atoms with Gasteiger partial charge in [0, 0.05) is 41.3 Å². The van der Waals surface area contributed by atoms with E-state index in [4.69, 9.17) is 0 Å². The van der Waals surface area contributed by atoms with Crippen LogP contribution in [-0.4, -0.2) is 38.0 Å². The lowest BCUT2D eigenvalue weighted by Gasteiger charge is -2.33. The standard InChI is InChI=1S/C23H29N5O2/c1-15-6-4-5-11-27(15)14-18-7-9-19(10-8-18)25-22(29)12-20-16(2)24-21-13-23(30)26-28(21)17(20)3/h7-10,13,15H,4-6,11-12,14H2,1-3H3,(H,25,29)(H,26,30). The third kappa shape index (κ3) is 4.31. The first-order valence-electron chi connectivity index (χ1n) is 10.6. The number of amides is 1. The van der Waals surface area contributed by atoms with Crippen molar-refractivity contribution in [1.82, 2.24) is 19.5 Å². The van der Waals surface area contributed by atoms with Crippen LogP contribution in [0.25, 0.3) is 5.65 Å². The number of carbonyl (C=O) groups is 1. The molecular formula is C23H29N5O2. The number of aromatic amines is 1. The highest BCUT2D eigenvalue weighted by atomic mass is 16.1. The number of hydrogen-bond acceptors (Lipinski definition) is 4.